The molecule has 11 N–H and O–H groups in total. The van der Waals surface area contributed by atoms with E-state index in [2.05, 4.69) is 26.8 Å². The molecular formula is C42H66O17. The number of allylic oxidation sites excluding steroid dienone is 1. The van der Waals surface area contributed by atoms with Crippen LogP contribution in [-0.2, 0) is 28.5 Å². The van der Waals surface area contributed by atoms with Crippen LogP contribution < -0.4 is 0 Å². The van der Waals surface area contributed by atoms with Crippen LogP contribution in [0.5, 0.6) is 0 Å². The molecular weight excluding hydrogens is 776 g/mol. The minimum absolute atomic E-state index is 0.124. The minimum atomic E-state index is -1.86. The first kappa shape index (κ1) is 45.2. The number of hydrogen-bond donors (Lipinski definition) is 11. The van der Waals surface area contributed by atoms with Gasteiger partial charge in [-0.15, -0.1) is 0 Å². The van der Waals surface area contributed by atoms with Gasteiger partial charge in [0, 0.05) is 5.41 Å². The molecule has 17 nitrogen and oxygen atoms in total. The average molecular weight is 843 g/mol. The first-order valence-corrected chi connectivity index (χ1v) is 21.2. The monoisotopic (exact) mass is 842 g/mol. The number of aliphatic hydroxyl groups is 11. The van der Waals surface area contributed by atoms with E-state index in [9.17, 15) is 65.8 Å². The number of fused-ring (bicyclic) bond motifs is 7. The van der Waals surface area contributed by atoms with E-state index in [1.165, 1.54) is 6.92 Å². The van der Waals surface area contributed by atoms with Crippen LogP contribution in [0.25, 0.3) is 0 Å². The van der Waals surface area contributed by atoms with E-state index in [0.717, 1.165) is 5.57 Å². The average Bonchev–Trinajstić information content (AvgIpc) is 3.19. The Morgan fingerprint density at radius 3 is 1.76 bits per heavy atom. The van der Waals surface area contributed by atoms with Crippen molar-refractivity contribution >= 4 is 11.9 Å². The van der Waals surface area contributed by atoms with Gasteiger partial charge in [0.2, 0.25) is 12.6 Å². The molecule has 2 saturated heterocycles. The Morgan fingerprint density at radius 1 is 0.678 bits per heavy atom. The van der Waals surface area contributed by atoms with Crippen molar-refractivity contribution in [1.29, 1.82) is 0 Å². The van der Waals surface area contributed by atoms with Gasteiger partial charge in [-0.2, -0.15) is 0 Å². The van der Waals surface area contributed by atoms with Crippen LogP contribution in [0, 0.1) is 50.2 Å². The summed E-state index contributed by atoms with van der Waals surface area (Å²) >= 11 is 0. The molecule has 0 aromatic carbocycles. The number of aliphatic hydroxyl groups excluding tert-OH is 11. The van der Waals surface area contributed by atoms with Gasteiger partial charge in [0.05, 0.1) is 42.9 Å². The Kier molecular flexibility index (Phi) is 11.8. The maximum absolute atomic E-state index is 14.6. The molecule has 336 valence electrons. The largest absolute Gasteiger partial charge is 0.432 e. The highest BCUT2D eigenvalue weighted by Crippen LogP contribution is 2.76. The summed E-state index contributed by atoms with van der Waals surface area (Å²) in [5.74, 6) is -2.85. The lowest BCUT2D eigenvalue weighted by Gasteiger charge is -2.71. The van der Waals surface area contributed by atoms with Crippen molar-refractivity contribution in [1.82, 2.24) is 0 Å². The lowest BCUT2D eigenvalue weighted by atomic mass is 9.33. The van der Waals surface area contributed by atoms with Crippen molar-refractivity contribution in [2.24, 2.45) is 50.2 Å². The van der Waals surface area contributed by atoms with Crippen LogP contribution in [0.3, 0.4) is 0 Å². The van der Waals surface area contributed by atoms with E-state index in [0.29, 0.717) is 51.4 Å². The van der Waals surface area contributed by atoms with Gasteiger partial charge in [-0.3, -0.25) is 9.59 Å². The molecule has 4 saturated carbocycles. The Morgan fingerprint density at radius 2 is 1.22 bits per heavy atom. The van der Waals surface area contributed by atoms with Crippen molar-refractivity contribution in [3.05, 3.63) is 11.6 Å². The van der Waals surface area contributed by atoms with E-state index in [4.69, 9.17) is 18.9 Å². The molecule has 5 aliphatic carbocycles. The fourth-order valence-electron chi connectivity index (χ4n) is 13.6. The maximum atomic E-state index is 14.6. The first-order chi connectivity index (χ1) is 27.5. The molecule has 0 bridgehead atoms. The lowest BCUT2D eigenvalue weighted by Crippen LogP contribution is -2.70. The quantitative estimate of drug-likeness (QED) is 0.106. The molecule has 0 spiro atoms. The number of hydrogen-bond acceptors (Lipinski definition) is 17. The van der Waals surface area contributed by atoms with Crippen LogP contribution in [-0.4, -0.2) is 162 Å². The molecule has 2 aliphatic heterocycles. The highest BCUT2D eigenvalue weighted by molar-refractivity contribution is 5.79. The summed E-state index contributed by atoms with van der Waals surface area (Å²) in [7, 11) is 0. The maximum Gasteiger partial charge on any atom is 0.317 e. The third-order valence-corrected chi connectivity index (χ3v) is 17.2. The highest BCUT2D eigenvalue weighted by Gasteiger charge is 2.73. The fraction of sp³-hybridized carbons (Fsp3) is 0.905. The minimum Gasteiger partial charge on any atom is -0.432 e. The van der Waals surface area contributed by atoms with Crippen molar-refractivity contribution in [3.63, 3.8) is 0 Å². The summed E-state index contributed by atoms with van der Waals surface area (Å²) in [4.78, 5) is 29.0. The van der Waals surface area contributed by atoms with E-state index in [1.54, 1.807) is 0 Å². The molecule has 0 aromatic rings. The van der Waals surface area contributed by atoms with Gasteiger partial charge >= 0.3 is 11.9 Å². The van der Waals surface area contributed by atoms with Crippen LogP contribution >= 0.6 is 0 Å². The van der Waals surface area contributed by atoms with Crippen molar-refractivity contribution in [3.8, 4) is 0 Å². The second-order valence-corrected chi connectivity index (χ2v) is 20.5. The molecule has 6 fully saturated rings. The normalized spacial score (nSPS) is 53.1. The molecule has 0 radical (unpaired) electrons. The molecule has 2 heterocycles. The van der Waals surface area contributed by atoms with Gasteiger partial charge in [-0.1, -0.05) is 39.3 Å². The van der Waals surface area contributed by atoms with E-state index in [1.807, 2.05) is 6.92 Å². The number of esters is 2. The molecule has 0 aromatic heterocycles. The number of rotatable bonds is 7. The molecule has 0 amide bonds. The lowest BCUT2D eigenvalue weighted by molar-refractivity contribution is -0.303. The standard InChI is InChI=1S/C42H66O17/c1-37(2)10-11-41(36(55)59-34-31(52)29(50)27(48)23(17-44)57-34)12-13-42(18-45)19(20(41)14-37)6-7-24-38(3)15-21(46)32(53)40(5,25(38)8-9-39(24,42)4)35(54)58-33-30(51)28(49)26(47)22(16-43)56-33/h6,20-34,43-53H,7-18H2,1-5H3/t20-,21-,22+,23-,24+,25+,26-,27-,28-,29+,30-,31-,32-,33-,34+,38-,39-,40-,41+,42+/m0/s1. The van der Waals surface area contributed by atoms with E-state index < -0.39 is 138 Å². The first-order valence-electron chi connectivity index (χ1n) is 21.2. The second kappa shape index (κ2) is 15.5. The van der Waals surface area contributed by atoms with Gasteiger partial charge in [0.1, 0.15) is 48.8 Å². The summed E-state index contributed by atoms with van der Waals surface area (Å²) in [6.07, 6.45) is -13.5. The molecule has 7 rings (SSSR count). The SMILES string of the molecule is CC1(C)CC[C@@]2(C(=O)O[C@H]3O[C@@H](CO)[C@H](O)[C@@H](O)[C@@H]3O)CC[C@@]3(CO)C(=CC[C@@H]4[C@]5(C)C[C@H](O)[C@H](O)[C@@](C)(C(=O)O[C@@H]6O[C@H](CO)[C@H](O)[C@H](O)[C@@H]6O)[C@@H]5CC[C@@]43C)[C@@H]2C1. The molecule has 59 heavy (non-hydrogen) atoms. The Balaban J connectivity index is 1.22. The predicted molar refractivity (Wildman–Crippen MR) is 202 cm³/mol. The van der Waals surface area contributed by atoms with Crippen molar-refractivity contribution in [2.75, 3.05) is 19.8 Å². The Hall–Kier alpha value is -1.84. The fourth-order valence-corrected chi connectivity index (χ4v) is 13.6. The van der Waals surface area contributed by atoms with E-state index >= 15 is 0 Å². The van der Waals surface area contributed by atoms with Gasteiger partial charge in [0.25, 0.3) is 0 Å². The summed E-state index contributed by atoms with van der Waals surface area (Å²) in [6, 6.07) is 0. The summed E-state index contributed by atoms with van der Waals surface area (Å²) < 4.78 is 22.6. The van der Waals surface area contributed by atoms with Crippen molar-refractivity contribution < 1.29 is 84.7 Å². The summed E-state index contributed by atoms with van der Waals surface area (Å²) in [6.45, 7) is 8.25. The van der Waals surface area contributed by atoms with Crippen LogP contribution in [0.2, 0.25) is 0 Å². The smallest absolute Gasteiger partial charge is 0.317 e. The molecule has 0 unspecified atom stereocenters. The third kappa shape index (κ3) is 6.50. The summed E-state index contributed by atoms with van der Waals surface area (Å²) in [5, 5.41) is 117. The van der Waals surface area contributed by atoms with Crippen LogP contribution in [0.1, 0.15) is 92.4 Å². The second-order valence-electron chi connectivity index (χ2n) is 20.5. The molecule has 17 heteroatoms. The van der Waals surface area contributed by atoms with Gasteiger partial charge < -0.3 is 75.1 Å². The molecule has 20 atom stereocenters. The van der Waals surface area contributed by atoms with Crippen molar-refractivity contribution in [2.45, 2.75) is 166 Å². The van der Waals surface area contributed by atoms with Gasteiger partial charge in [-0.05, 0) is 98.7 Å². The van der Waals surface area contributed by atoms with Gasteiger partial charge in [0.15, 0.2) is 0 Å². The predicted octanol–water partition coefficient (Wildman–Crippen LogP) is -1.24. The Labute approximate surface area is 343 Å². The van der Waals surface area contributed by atoms with Crippen LogP contribution in [0.15, 0.2) is 11.6 Å². The summed E-state index contributed by atoms with van der Waals surface area (Å²) in [5.41, 5.74) is -4.41. The Bertz CT molecular complexity index is 1640. The highest BCUT2D eigenvalue weighted by atomic mass is 16.7. The van der Waals surface area contributed by atoms with Crippen LogP contribution in [0.4, 0.5) is 0 Å². The molecule has 7 aliphatic rings. The zero-order chi connectivity index (χ0) is 43.4. The zero-order valence-electron chi connectivity index (χ0n) is 34.6. The number of ether oxygens (including phenoxy) is 4. The topological polar surface area (TPSA) is 294 Å². The number of carbonyl (C=O) groups excluding carboxylic acids is 2. The zero-order valence-corrected chi connectivity index (χ0v) is 34.6. The van der Waals surface area contributed by atoms with E-state index in [-0.39, 0.29) is 24.4 Å². The number of carbonyl (C=O) groups is 2. The van der Waals surface area contributed by atoms with Gasteiger partial charge in [-0.25, -0.2) is 0 Å². The third-order valence-electron chi connectivity index (χ3n) is 17.2.